The minimum Gasteiger partial charge on any atom is -0.345 e. The van der Waals surface area contributed by atoms with Crippen LogP contribution in [0.3, 0.4) is 0 Å². The lowest BCUT2D eigenvalue weighted by Gasteiger charge is -2.25. The van der Waals surface area contributed by atoms with E-state index in [1.165, 1.54) is 12.1 Å². The van der Waals surface area contributed by atoms with Crippen LogP contribution in [0.15, 0.2) is 48.7 Å². The number of halogens is 3. The van der Waals surface area contributed by atoms with Crippen molar-refractivity contribution in [1.29, 1.82) is 0 Å². The zero-order valence-corrected chi connectivity index (χ0v) is 12.8. The van der Waals surface area contributed by atoms with E-state index in [0.717, 1.165) is 12.1 Å². The van der Waals surface area contributed by atoms with Crippen LogP contribution in [0, 0.1) is 0 Å². The number of alkyl halides is 3. The Bertz CT molecular complexity index is 682. The number of pyridine rings is 1. The predicted molar refractivity (Wildman–Crippen MR) is 80.6 cm³/mol. The Morgan fingerprint density at radius 2 is 1.87 bits per heavy atom. The number of rotatable bonds is 4. The first-order valence-corrected chi connectivity index (χ1v) is 7.07. The molecule has 122 valence electrons. The number of carbonyl (C=O) groups is 1. The maximum Gasteiger partial charge on any atom is 0.416 e. The van der Waals surface area contributed by atoms with Gasteiger partial charge in [-0.3, -0.25) is 9.78 Å². The molecule has 1 aromatic heterocycles. The van der Waals surface area contributed by atoms with Crippen LogP contribution in [0.1, 0.15) is 30.7 Å². The highest BCUT2D eigenvalue weighted by molar-refractivity contribution is 5.79. The molecule has 0 radical (unpaired) electrons. The second kappa shape index (κ2) is 6.40. The van der Waals surface area contributed by atoms with Crippen LogP contribution in [0.4, 0.5) is 13.2 Å². The van der Waals surface area contributed by atoms with E-state index in [4.69, 9.17) is 0 Å². The summed E-state index contributed by atoms with van der Waals surface area (Å²) in [6.07, 6.45) is -2.92. The molecule has 0 spiro atoms. The van der Waals surface area contributed by atoms with E-state index >= 15 is 0 Å². The monoisotopic (exact) mass is 322 g/mol. The van der Waals surface area contributed by atoms with Gasteiger partial charge in [0.25, 0.3) is 0 Å². The second-order valence-corrected chi connectivity index (χ2v) is 5.76. The summed E-state index contributed by atoms with van der Waals surface area (Å²) in [7, 11) is 0. The fourth-order valence-electron chi connectivity index (χ4n) is 2.23. The van der Waals surface area contributed by atoms with Gasteiger partial charge in [-0.2, -0.15) is 13.2 Å². The summed E-state index contributed by atoms with van der Waals surface area (Å²) in [6.45, 7) is 3.58. The molecule has 0 saturated heterocycles. The van der Waals surface area contributed by atoms with Gasteiger partial charge in [0.2, 0.25) is 5.91 Å². The fraction of sp³-hybridized carbons (Fsp3) is 0.294. The van der Waals surface area contributed by atoms with Crippen molar-refractivity contribution in [2.45, 2.75) is 32.0 Å². The molecule has 0 fully saturated rings. The van der Waals surface area contributed by atoms with Crippen molar-refractivity contribution in [3.63, 3.8) is 0 Å². The molecule has 6 heteroatoms. The van der Waals surface area contributed by atoms with Crippen molar-refractivity contribution >= 4 is 5.91 Å². The van der Waals surface area contributed by atoms with Gasteiger partial charge >= 0.3 is 6.18 Å². The highest BCUT2D eigenvalue weighted by atomic mass is 19.4. The van der Waals surface area contributed by atoms with E-state index in [0.29, 0.717) is 11.3 Å². The van der Waals surface area contributed by atoms with Crippen molar-refractivity contribution < 1.29 is 18.0 Å². The van der Waals surface area contributed by atoms with Crippen molar-refractivity contribution in [3.8, 4) is 0 Å². The maximum atomic E-state index is 12.7. The smallest absolute Gasteiger partial charge is 0.345 e. The van der Waals surface area contributed by atoms with Crippen LogP contribution in [-0.2, 0) is 22.9 Å². The number of carbonyl (C=O) groups excluding carboxylic acids is 1. The fourth-order valence-corrected chi connectivity index (χ4v) is 2.23. The van der Waals surface area contributed by atoms with Gasteiger partial charge in [-0.25, -0.2) is 0 Å². The molecule has 1 heterocycles. The third-order valence-corrected chi connectivity index (χ3v) is 3.38. The van der Waals surface area contributed by atoms with Gasteiger partial charge in [0.05, 0.1) is 23.2 Å². The zero-order valence-electron chi connectivity index (χ0n) is 12.8. The molecule has 1 N–H and O–H groups in total. The quantitative estimate of drug-likeness (QED) is 0.933. The second-order valence-electron chi connectivity index (χ2n) is 5.76. The van der Waals surface area contributed by atoms with E-state index in [2.05, 4.69) is 10.3 Å². The third-order valence-electron chi connectivity index (χ3n) is 3.38. The van der Waals surface area contributed by atoms with Crippen molar-refractivity contribution in [2.24, 2.45) is 0 Å². The Hall–Kier alpha value is -2.37. The largest absolute Gasteiger partial charge is 0.416 e. The molecule has 0 unspecified atom stereocenters. The van der Waals surface area contributed by atoms with E-state index in [9.17, 15) is 18.0 Å². The SMILES string of the molecule is CC(C)(NC(=O)Cc1cccc(C(F)(F)F)c1)c1ccccn1. The van der Waals surface area contributed by atoms with Crippen LogP contribution in [0.25, 0.3) is 0 Å². The van der Waals surface area contributed by atoms with E-state index < -0.39 is 17.3 Å². The average molecular weight is 322 g/mol. The molecule has 3 nitrogen and oxygen atoms in total. The maximum absolute atomic E-state index is 12.7. The first-order chi connectivity index (χ1) is 10.7. The Kier molecular flexibility index (Phi) is 4.73. The van der Waals surface area contributed by atoms with Gasteiger partial charge in [0.15, 0.2) is 0 Å². The molecule has 0 aliphatic carbocycles. The molecule has 0 saturated carbocycles. The number of nitrogens with zero attached hydrogens (tertiary/aromatic N) is 1. The number of aromatic nitrogens is 1. The van der Waals surface area contributed by atoms with Crippen molar-refractivity contribution in [3.05, 3.63) is 65.5 Å². The van der Waals surface area contributed by atoms with E-state index in [1.54, 1.807) is 32.2 Å². The summed E-state index contributed by atoms with van der Waals surface area (Å²) >= 11 is 0. The van der Waals surface area contributed by atoms with Crippen molar-refractivity contribution in [1.82, 2.24) is 10.3 Å². The molecular formula is C17H17F3N2O. The van der Waals surface area contributed by atoms with Gasteiger partial charge in [-0.05, 0) is 37.6 Å². The highest BCUT2D eigenvalue weighted by Crippen LogP contribution is 2.29. The summed E-state index contributed by atoms with van der Waals surface area (Å²) in [6, 6.07) is 10.1. The third kappa shape index (κ3) is 4.55. The zero-order chi connectivity index (χ0) is 17.1. The Labute approximate surface area is 132 Å². The number of hydrogen-bond donors (Lipinski definition) is 1. The predicted octanol–water partition coefficient (Wildman–Crippen LogP) is 3.69. The van der Waals surface area contributed by atoms with Gasteiger partial charge in [-0.1, -0.05) is 24.3 Å². The van der Waals surface area contributed by atoms with Crippen LogP contribution in [0.5, 0.6) is 0 Å². The van der Waals surface area contributed by atoms with Gasteiger partial charge in [0, 0.05) is 6.20 Å². The summed E-state index contributed by atoms with van der Waals surface area (Å²) in [5.41, 5.74) is -0.474. The number of benzene rings is 1. The Morgan fingerprint density at radius 3 is 2.48 bits per heavy atom. The van der Waals surface area contributed by atoms with Crippen molar-refractivity contribution in [2.75, 3.05) is 0 Å². The minimum absolute atomic E-state index is 0.125. The van der Waals surface area contributed by atoms with Crippen LogP contribution < -0.4 is 5.32 Å². The normalized spacial score (nSPS) is 12.0. The van der Waals surface area contributed by atoms with Gasteiger partial charge in [-0.15, -0.1) is 0 Å². The first kappa shape index (κ1) is 17.0. The Balaban J connectivity index is 2.08. The summed E-state index contributed by atoms with van der Waals surface area (Å²) in [4.78, 5) is 16.3. The van der Waals surface area contributed by atoms with E-state index in [1.807, 2.05) is 6.07 Å². The number of amides is 1. The molecule has 0 bridgehead atoms. The molecule has 0 aliphatic heterocycles. The molecule has 2 aromatic rings. The lowest BCUT2D eigenvalue weighted by atomic mass is 9.99. The van der Waals surface area contributed by atoms with Crippen LogP contribution in [0.2, 0.25) is 0 Å². The lowest BCUT2D eigenvalue weighted by molar-refractivity contribution is -0.137. The van der Waals surface area contributed by atoms with Gasteiger partial charge in [0.1, 0.15) is 0 Å². The molecule has 23 heavy (non-hydrogen) atoms. The highest BCUT2D eigenvalue weighted by Gasteiger charge is 2.30. The molecule has 1 aromatic carbocycles. The Morgan fingerprint density at radius 1 is 1.13 bits per heavy atom. The van der Waals surface area contributed by atoms with E-state index in [-0.39, 0.29) is 12.3 Å². The standard InChI is InChI=1S/C17H17F3N2O/c1-16(2,14-8-3-4-9-21-14)22-15(23)11-12-6-5-7-13(10-12)17(18,19)20/h3-10H,11H2,1-2H3,(H,22,23). The molecule has 0 aliphatic rings. The summed E-state index contributed by atoms with van der Waals surface area (Å²) < 4.78 is 38.1. The lowest BCUT2D eigenvalue weighted by Crippen LogP contribution is -2.42. The number of hydrogen-bond acceptors (Lipinski definition) is 2. The molecule has 2 rings (SSSR count). The average Bonchev–Trinajstić information content (AvgIpc) is 2.47. The molecular weight excluding hydrogens is 305 g/mol. The first-order valence-electron chi connectivity index (χ1n) is 7.07. The van der Waals surface area contributed by atoms with Gasteiger partial charge < -0.3 is 5.32 Å². The minimum atomic E-state index is -4.42. The summed E-state index contributed by atoms with van der Waals surface area (Å²) in [5.74, 6) is -0.361. The summed E-state index contributed by atoms with van der Waals surface area (Å²) in [5, 5.41) is 2.80. The molecule has 0 atom stereocenters. The molecule has 1 amide bonds. The topological polar surface area (TPSA) is 42.0 Å². The van der Waals surface area contributed by atoms with Crippen LogP contribution >= 0.6 is 0 Å². The van der Waals surface area contributed by atoms with Crippen LogP contribution in [-0.4, -0.2) is 10.9 Å². The number of nitrogens with one attached hydrogen (secondary N) is 1.